The number of aromatic nitrogens is 2. The number of nitrogens with one attached hydrogen (secondary N) is 1. The van der Waals surface area contributed by atoms with E-state index in [-0.39, 0.29) is 11.9 Å². The molecule has 1 unspecified atom stereocenters. The van der Waals surface area contributed by atoms with Gasteiger partial charge in [0, 0.05) is 12.1 Å². The summed E-state index contributed by atoms with van der Waals surface area (Å²) in [6.07, 6.45) is 5.70. The van der Waals surface area contributed by atoms with Gasteiger partial charge in [-0.3, -0.25) is 4.79 Å². The first-order chi connectivity index (χ1) is 12.5. The van der Waals surface area contributed by atoms with Crippen molar-refractivity contribution < 1.29 is 14.3 Å². The van der Waals surface area contributed by atoms with E-state index in [2.05, 4.69) is 17.3 Å². The molecule has 0 aliphatic heterocycles. The van der Waals surface area contributed by atoms with Crippen LogP contribution in [0.25, 0.3) is 6.08 Å². The van der Waals surface area contributed by atoms with Crippen molar-refractivity contribution in [2.45, 2.75) is 33.2 Å². The lowest BCUT2D eigenvalue weighted by Gasteiger charge is -2.13. The number of anilines is 1. The summed E-state index contributed by atoms with van der Waals surface area (Å²) in [4.78, 5) is 12.2. The number of hydrogen-bond donors (Lipinski definition) is 1. The van der Waals surface area contributed by atoms with Crippen LogP contribution < -0.4 is 14.8 Å². The van der Waals surface area contributed by atoms with Crippen LogP contribution in [-0.2, 0) is 4.79 Å². The van der Waals surface area contributed by atoms with Gasteiger partial charge < -0.3 is 14.8 Å². The van der Waals surface area contributed by atoms with E-state index in [1.165, 1.54) is 6.08 Å². The van der Waals surface area contributed by atoms with E-state index in [9.17, 15) is 4.79 Å². The molecular weight excluding hydrogens is 354 g/mol. The van der Waals surface area contributed by atoms with Gasteiger partial charge in [0.1, 0.15) is 5.82 Å². The van der Waals surface area contributed by atoms with E-state index in [0.717, 1.165) is 12.0 Å². The molecule has 6 nitrogen and oxygen atoms in total. The zero-order valence-corrected chi connectivity index (χ0v) is 16.2. The number of ether oxygens (including phenoxy) is 2. The van der Waals surface area contributed by atoms with Gasteiger partial charge in [-0.1, -0.05) is 18.5 Å². The second-order valence-corrected chi connectivity index (χ2v) is 6.12. The summed E-state index contributed by atoms with van der Waals surface area (Å²) in [6, 6.07) is 5.47. The third-order valence-electron chi connectivity index (χ3n) is 3.90. The molecule has 1 amide bonds. The standard InChI is InChI=1S/C19H24ClN3O3/c1-5-13(3)23-17(9-10-21-23)22-18(24)8-7-14-11-15(20)19(26-6-2)16(12-14)25-4/h7-13H,5-6H2,1-4H3,(H,22,24)/b8-7+. The smallest absolute Gasteiger partial charge is 0.249 e. The molecule has 2 rings (SSSR count). The number of carbonyl (C=O) groups is 1. The average molecular weight is 378 g/mol. The zero-order chi connectivity index (χ0) is 19.1. The van der Waals surface area contributed by atoms with Gasteiger partial charge in [0.2, 0.25) is 5.91 Å². The zero-order valence-electron chi connectivity index (χ0n) is 15.5. The second kappa shape index (κ2) is 9.29. The molecular formula is C19H24ClN3O3. The number of benzene rings is 1. The van der Waals surface area contributed by atoms with Gasteiger partial charge >= 0.3 is 0 Å². The second-order valence-electron chi connectivity index (χ2n) is 5.71. The van der Waals surface area contributed by atoms with Crippen LogP contribution in [0.4, 0.5) is 5.82 Å². The molecule has 1 aromatic heterocycles. The SMILES string of the molecule is CCOc1c(Cl)cc(/C=C/C(=O)Nc2ccnn2C(C)CC)cc1OC. The first-order valence-electron chi connectivity index (χ1n) is 8.53. The normalized spacial score (nSPS) is 12.2. The topological polar surface area (TPSA) is 65.4 Å². The Morgan fingerprint density at radius 1 is 1.42 bits per heavy atom. The molecule has 0 aliphatic rings. The summed E-state index contributed by atoms with van der Waals surface area (Å²) in [5.74, 6) is 1.43. The maximum atomic E-state index is 12.2. The highest BCUT2D eigenvalue weighted by Gasteiger charge is 2.12. The maximum absolute atomic E-state index is 12.2. The first-order valence-corrected chi connectivity index (χ1v) is 8.90. The number of halogens is 1. The molecule has 0 spiro atoms. The summed E-state index contributed by atoms with van der Waals surface area (Å²) in [5.41, 5.74) is 0.737. The van der Waals surface area contributed by atoms with Crippen molar-refractivity contribution in [3.05, 3.63) is 41.1 Å². The summed E-state index contributed by atoms with van der Waals surface area (Å²) < 4.78 is 12.6. The van der Waals surface area contributed by atoms with Crippen LogP contribution in [0.15, 0.2) is 30.5 Å². The van der Waals surface area contributed by atoms with Crippen molar-refractivity contribution in [1.82, 2.24) is 9.78 Å². The Labute approximate surface area is 158 Å². The minimum atomic E-state index is -0.251. The highest BCUT2D eigenvalue weighted by Crippen LogP contribution is 2.36. The molecule has 2 aromatic rings. The molecule has 0 fully saturated rings. The monoisotopic (exact) mass is 377 g/mol. The van der Waals surface area contributed by atoms with Crippen molar-refractivity contribution in [3.63, 3.8) is 0 Å². The van der Waals surface area contributed by atoms with Crippen molar-refractivity contribution in [3.8, 4) is 11.5 Å². The lowest BCUT2D eigenvalue weighted by atomic mass is 10.2. The maximum Gasteiger partial charge on any atom is 0.249 e. The number of rotatable bonds is 8. The van der Waals surface area contributed by atoms with E-state index < -0.39 is 0 Å². The molecule has 1 aromatic carbocycles. The fraction of sp³-hybridized carbons (Fsp3) is 0.368. The van der Waals surface area contributed by atoms with Gasteiger partial charge in [-0.15, -0.1) is 0 Å². The average Bonchev–Trinajstić information content (AvgIpc) is 3.09. The van der Waals surface area contributed by atoms with Crippen LogP contribution in [0.5, 0.6) is 11.5 Å². The van der Waals surface area contributed by atoms with Gasteiger partial charge in [-0.05, 0) is 44.0 Å². The number of methoxy groups -OCH3 is 1. The summed E-state index contributed by atoms with van der Waals surface area (Å²) in [5, 5.41) is 7.52. The summed E-state index contributed by atoms with van der Waals surface area (Å²) in [6.45, 7) is 6.48. The van der Waals surface area contributed by atoms with Crippen LogP contribution in [0.1, 0.15) is 38.8 Å². The Morgan fingerprint density at radius 3 is 2.85 bits per heavy atom. The van der Waals surface area contributed by atoms with Crippen LogP contribution in [0, 0.1) is 0 Å². The fourth-order valence-electron chi connectivity index (χ4n) is 2.40. The minimum absolute atomic E-state index is 0.207. The lowest BCUT2D eigenvalue weighted by molar-refractivity contribution is -0.111. The van der Waals surface area contributed by atoms with Gasteiger partial charge in [0.25, 0.3) is 0 Å². The van der Waals surface area contributed by atoms with Gasteiger partial charge in [-0.25, -0.2) is 4.68 Å². The van der Waals surface area contributed by atoms with E-state index in [1.807, 2.05) is 13.8 Å². The molecule has 0 aliphatic carbocycles. The van der Waals surface area contributed by atoms with Gasteiger partial charge in [-0.2, -0.15) is 5.10 Å². The quantitative estimate of drug-likeness (QED) is 0.684. The Morgan fingerprint density at radius 2 is 2.19 bits per heavy atom. The third-order valence-corrected chi connectivity index (χ3v) is 4.18. The van der Waals surface area contributed by atoms with Crippen molar-refractivity contribution in [1.29, 1.82) is 0 Å². The van der Waals surface area contributed by atoms with Crippen LogP contribution >= 0.6 is 11.6 Å². The summed E-state index contributed by atoms with van der Waals surface area (Å²) in [7, 11) is 1.55. The van der Waals surface area contributed by atoms with Gasteiger partial charge in [0.15, 0.2) is 11.5 Å². The highest BCUT2D eigenvalue weighted by molar-refractivity contribution is 6.32. The predicted octanol–water partition coefficient (Wildman–Crippen LogP) is 4.57. The molecule has 0 saturated carbocycles. The largest absolute Gasteiger partial charge is 0.493 e. The van der Waals surface area contributed by atoms with E-state index in [1.54, 1.807) is 42.3 Å². The lowest BCUT2D eigenvalue weighted by Crippen LogP contribution is -2.15. The Balaban J connectivity index is 2.13. The number of carbonyl (C=O) groups excluding carboxylic acids is 1. The van der Waals surface area contributed by atoms with E-state index in [4.69, 9.17) is 21.1 Å². The molecule has 140 valence electrons. The number of hydrogen-bond acceptors (Lipinski definition) is 4. The molecule has 26 heavy (non-hydrogen) atoms. The molecule has 0 bridgehead atoms. The predicted molar refractivity (Wildman–Crippen MR) is 104 cm³/mol. The minimum Gasteiger partial charge on any atom is -0.493 e. The number of nitrogens with zero attached hydrogens (tertiary/aromatic N) is 2. The fourth-order valence-corrected chi connectivity index (χ4v) is 2.67. The summed E-state index contributed by atoms with van der Waals surface area (Å²) >= 11 is 6.24. The molecule has 1 heterocycles. The van der Waals surface area contributed by atoms with Crippen LogP contribution in [0.2, 0.25) is 5.02 Å². The number of amides is 1. The Hall–Kier alpha value is -2.47. The molecule has 1 N–H and O–H groups in total. The van der Waals surface area contributed by atoms with Crippen molar-refractivity contribution in [2.75, 3.05) is 19.0 Å². The van der Waals surface area contributed by atoms with Crippen LogP contribution in [-0.4, -0.2) is 29.4 Å². The molecule has 1 atom stereocenters. The molecule has 0 radical (unpaired) electrons. The Kier molecular flexibility index (Phi) is 7.09. The van der Waals surface area contributed by atoms with Crippen molar-refractivity contribution in [2.24, 2.45) is 0 Å². The molecule has 0 saturated heterocycles. The Bertz CT molecular complexity index is 786. The first kappa shape index (κ1) is 19.8. The molecule has 7 heteroatoms. The van der Waals surface area contributed by atoms with Gasteiger partial charge in [0.05, 0.1) is 31.0 Å². The van der Waals surface area contributed by atoms with E-state index >= 15 is 0 Å². The highest BCUT2D eigenvalue weighted by atomic mass is 35.5. The van der Waals surface area contributed by atoms with Crippen LogP contribution in [0.3, 0.4) is 0 Å². The third kappa shape index (κ3) is 4.79. The van der Waals surface area contributed by atoms with E-state index in [0.29, 0.717) is 28.9 Å². The van der Waals surface area contributed by atoms with Crippen molar-refractivity contribution >= 4 is 29.4 Å².